The van der Waals surface area contributed by atoms with E-state index in [-0.39, 0.29) is 12.3 Å². The Labute approximate surface area is 154 Å². The molecule has 0 heterocycles. The van der Waals surface area contributed by atoms with Crippen molar-refractivity contribution in [2.75, 3.05) is 6.61 Å². The van der Waals surface area contributed by atoms with Crippen LogP contribution in [0.4, 0.5) is 13.2 Å². The number of ether oxygens (including phenoxy) is 1. The molecule has 0 radical (unpaired) electrons. The zero-order chi connectivity index (χ0) is 20.0. The van der Waals surface area contributed by atoms with Gasteiger partial charge in [-0.25, -0.2) is 4.21 Å². The Morgan fingerprint density at radius 3 is 2.19 bits per heavy atom. The van der Waals surface area contributed by atoms with Gasteiger partial charge in [0.15, 0.2) is 0 Å². The summed E-state index contributed by atoms with van der Waals surface area (Å²) in [5, 5.41) is 0. The molecule has 0 unspecified atom stereocenters. The molecular weight excluding hydrogens is 367 g/mol. The number of carbonyl (C=O) groups excluding carboxylic acids is 1. The molecule has 26 heavy (non-hydrogen) atoms. The van der Waals surface area contributed by atoms with Crippen molar-refractivity contribution in [3.05, 3.63) is 35.9 Å². The molecule has 0 spiro atoms. The molecular formula is C18H24F3NO3S. The van der Waals surface area contributed by atoms with E-state index in [1.54, 1.807) is 51.1 Å². The van der Waals surface area contributed by atoms with Gasteiger partial charge < -0.3 is 4.74 Å². The van der Waals surface area contributed by atoms with Crippen molar-refractivity contribution in [2.45, 2.75) is 51.5 Å². The van der Waals surface area contributed by atoms with Crippen LogP contribution in [0.15, 0.2) is 34.7 Å². The molecule has 1 aromatic carbocycles. The molecule has 0 fully saturated rings. The predicted molar refractivity (Wildman–Crippen MR) is 96.3 cm³/mol. The Kier molecular flexibility index (Phi) is 7.99. The summed E-state index contributed by atoms with van der Waals surface area (Å²) < 4.78 is 60.6. The van der Waals surface area contributed by atoms with Gasteiger partial charge in [-0.05, 0) is 33.3 Å². The molecule has 1 rings (SSSR count). The van der Waals surface area contributed by atoms with Crippen molar-refractivity contribution in [3.8, 4) is 0 Å². The summed E-state index contributed by atoms with van der Waals surface area (Å²) in [6, 6.07) is 8.27. The molecule has 8 heteroatoms. The first-order chi connectivity index (χ1) is 11.9. The highest BCUT2D eigenvalue weighted by molar-refractivity contribution is 7.85. The summed E-state index contributed by atoms with van der Waals surface area (Å²) in [6.07, 6.45) is -5.95. The van der Waals surface area contributed by atoms with Crippen LogP contribution in [0.3, 0.4) is 0 Å². The zero-order valence-electron chi connectivity index (χ0n) is 15.3. The van der Waals surface area contributed by atoms with Crippen molar-refractivity contribution in [1.82, 2.24) is 0 Å². The Balaban J connectivity index is 3.22. The van der Waals surface area contributed by atoms with E-state index >= 15 is 0 Å². The zero-order valence-corrected chi connectivity index (χ0v) is 16.1. The lowest BCUT2D eigenvalue weighted by Gasteiger charge is -2.21. The number of benzene rings is 1. The van der Waals surface area contributed by atoms with E-state index in [0.717, 1.165) is 0 Å². The highest BCUT2D eigenvalue weighted by atomic mass is 32.2. The maximum Gasteiger partial charge on any atom is 0.392 e. The van der Waals surface area contributed by atoms with Crippen molar-refractivity contribution in [2.24, 2.45) is 10.3 Å². The number of rotatable bonds is 7. The lowest BCUT2D eigenvalue weighted by Crippen LogP contribution is -2.30. The lowest BCUT2D eigenvalue weighted by molar-refractivity contribution is -0.182. The van der Waals surface area contributed by atoms with Gasteiger partial charge in [-0.1, -0.05) is 30.3 Å². The molecule has 2 atom stereocenters. The quantitative estimate of drug-likeness (QED) is 0.509. The van der Waals surface area contributed by atoms with Crippen LogP contribution in [0.1, 0.15) is 46.1 Å². The van der Waals surface area contributed by atoms with Crippen LogP contribution in [-0.4, -0.2) is 33.4 Å². The summed E-state index contributed by atoms with van der Waals surface area (Å²) in [4.78, 5) is 11.6. The summed E-state index contributed by atoms with van der Waals surface area (Å²) >= 11 is 0. The Hall–Kier alpha value is -1.70. The molecule has 1 aromatic rings. The van der Waals surface area contributed by atoms with Gasteiger partial charge in [0.05, 0.1) is 29.4 Å². The van der Waals surface area contributed by atoms with Crippen LogP contribution >= 0.6 is 0 Å². The van der Waals surface area contributed by atoms with E-state index < -0.39 is 46.6 Å². The number of alkyl halides is 3. The maximum absolute atomic E-state index is 13.4. The van der Waals surface area contributed by atoms with E-state index in [2.05, 4.69) is 9.13 Å². The van der Waals surface area contributed by atoms with Crippen molar-refractivity contribution in [1.29, 1.82) is 0 Å². The van der Waals surface area contributed by atoms with Gasteiger partial charge in [0.1, 0.15) is 11.0 Å². The first-order valence-electron chi connectivity index (χ1n) is 8.22. The van der Waals surface area contributed by atoms with Crippen LogP contribution < -0.4 is 0 Å². The second-order valence-corrected chi connectivity index (χ2v) is 8.62. The lowest BCUT2D eigenvalue weighted by atomic mass is 9.94. The first kappa shape index (κ1) is 22.3. The minimum atomic E-state index is -4.61. The summed E-state index contributed by atoms with van der Waals surface area (Å²) in [5.41, 5.74) is 0.508. The largest absolute Gasteiger partial charge is 0.466 e. The monoisotopic (exact) mass is 391 g/mol. The van der Waals surface area contributed by atoms with E-state index in [4.69, 9.17) is 0 Å². The molecule has 146 valence electrons. The minimum absolute atomic E-state index is 0.0110. The van der Waals surface area contributed by atoms with Gasteiger partial charge in [-0.3, -0.25) is 4.79 Å². The fourth-order valence-electron chi connectivity index (χ4n) is 2.03. The fraction of sp³-hybridized carbons (Fsp3) is 0.556. The Morgan fingerprint density at radius 1 is 1.15 bits per heavy atom. The molecule has 0 aliphatic heterocycles. The molecule has 0 bridgehead atoms. The second kappa shape index (κ2) is 9.30. The molecule has 0 amide bonds. The van der Waals surface area contributed by atoms with E-state index in [9.17, 15) is 22.2 Å². The summed E-state index contributed by atoms with van der Waals surface area (Å²) in [5.74, 6) is -2.88. The SMILES string of the molecule is CCOC(=O)C[C@H](C/C(=N/[S@](=O)C(C)(C)C)c1ccccc1)C(F)(F)F. The fourth-order valence-corrected chi connectivity index (χ4v) is 2.69. The molecule has 0 N–H and O–H groups in total. The molecule has 0 aliphatic rings. The highest BCUT2D eigenvalue weighted by Gasteiger charge is 2.42. The van der Waals surface area contributed by atoms with Gasteiger partial charge in [0.25, 0.3) is 0 Å². The Bertz CT molecular complexity index is 652. The van der Waals surface area contributed by atoms with Gasteiger partial charge in [0, 0.05) is 6.42 Å². The van der Waals surface area contributed by atoms with Gasteiger partial charge in [0.2, 0.25) is 0 Å². The Morgan fingerprint density at radius 2 is 1.73 bits per heavy atom. The third kappa shape index (κ3) is 7.27. The number of esters is 1. The van der Waals surface area contributed by atoms with E-state index in [1.807, 2.05) is 0 Å². The molecule has 0 aromatic heterocycles. The number of carbonyl (C=O) groups is 1. The smallest absolute Gasteiger partial charge is 0.392 e. The average Bonchev–Trinajstić information content (AvgIpc) is 2.52. The van der Waals surface area contributed by atoms with Crippen LogP contribution in [0.25, 0.3) is 0 Å². The van der Waals surface area contributed by atoms with Gasteiger partial charge in [-0.15, -0.1) is 0 Å². The second-order valence-electron chi connectivity index (χ2n) is 6.72. The van der Waals surface area contributed by atoms with Crippen molar-refractivity contribution in [3.63, 3.8) is 0 Å². The van der Waals surface area contributed by atoms with Crippen LogP contribution in [-0.2, 0) is 20.5 Å². The summed E-state index contributed by atoms with van der Waals surface area (Å²) in [7, 11) is -1.72. The van der Waals surface area contributed by atoms with Crippen LogP contribution in [0.2, 0.25) is 0 Å². The molecule has 0 aliphatic carbocycles. The molecule has 0 saturated heterocycles. The van der Waals surface area contributed by atoms with E-state index in [1.165, 1.54) is 6.92 Å². The topological polar surface area (TPSA) is 55.7 Å². The van der Waals surface area contributed by atoms with E-state index in [0.29, 0.717) is 5.56 Å². The standard InChI is InChI=1S/C18H24F3NO3S/c1-5-25-16(23)12-14(18(19,20)21)11-15(13-9-7-6-8-10-13)22-26(24)17(2,3)4/h6-10,14H,5,11-12H2,1-4H3/b22-15-/t14-,26+/m0/s1. The van der Waals surface area contributed by atoms with Crippen LogP contribution in [0, 0.1) is 5.92 Å². The van der Waals surface area contributed by atoms with Gasteiger partial charge >= 0.3 is 12.1 Å². The summed E-state index contributed by atoms with van der Waals surface area (Å²) in [6.45, 7) is 6.61. The third-order valence-corrected chi connectivity index (χ3v) is 4.88. The van der Waals surface area contributed by atoms with Crippen LogP contribution in [0.5, 0.6) is 0 Å². The molecule has 4 nitrogen and oxygen atoms in total. The molecule has 0 saturated carbocycles. The number of hydrogen-bond donors (Lipinski definition) is 0. The van der Waals surface area contributed by atoms with Crippen molar-refractivity contribution < 1.29 is 26.9 Å². The predicted octanol–water partition coefficient (Wildman–Crippen LogP) is 4.46. The van der Waals surface area contributed by atoms with Gasteiger partial charge in [-0.2, -0.15) is 17.6 Å². The average molecular weight is 391 g/mol. The number of halogens is 3. The number of hydrogen-bond acceptors (Lipinski definition) is 3. The highest BCUT2D eigenvalue weighted by Crippen LogP contribution is 2.33. The normalized spacial score (nSPS) is 15.4. The van der Waals surface area contributed by atoms with Crippen molar-refractivity contribution >= 4 is 22.7 Å². The first-order valence-corrected chi connectivity index (χ1v) is 9.33. The number of nitrogens with zero attached hydrogens (tertiary/aromatic N) is 1. The minimum Gasteiger partial charge on any atom is -0.466 e. The maximum atomic E-state index is 13.4. The third-order valence-electron chi connectivity index (χ3n) is 3.45.